The van der Waals surface area contributed by atoms with Crippen LogP contribution in [0.5, 0.6) is 0 Å². The van der Waals surface area contributed by atoms with Crippen molar-refractivity contribution in [3.05, 3.63) is 82.9 Å². The first kappa shape index (κ1) is 11.0. The maximum Gasteiger partial charge on any atom is 0.101 e. The SMILES string of the molecule is O[C@@H](C1=CC2CC1c1ccccc12)c1ccccc1. The topological polar surface area (TPSA) is 20.2 Å². The summed E-state index contributed by atoms with van der Waals surface area (Å²) < 4.78 is 0. The van der Waals surface area contributed by atoms with E-state index in [1.54, 1.807) is 0 Å². The molecule has 1 heteroatoms. The molecule has 2 aromatic carbocycles. The monoisotopic (exact) mass is 248 g/mol. The van der Waals surface area contributed by atoms with Gasteiger partial charge in [0, 0.05) is 11.8 Å². The third kappa shape index (κ3) is 1.58. The molecule has 0 amide bonds. The summed E-state index contributed by atoms with van der Waals surface area (Å²) in [6.45, 7) is 0. The molecule has 1 N–H and O–H groups in total. The van der Waals surface area contributed by atoms with E-state index in [1.807, 2.05) is 30.3 Å². The van der Waals surface area contributed by atoms with Crippen molar-refractivity contribution < 1.29 is 5.11 Å². The highest BCUT2D eigenvalue weighted by atomic mass is 16.3. The van der Waals surface area contributed by atoms with Crippen molar-refractivity contribution in [1.82, 2.24) is 0 Å². The molecule has 0 saturated heterocycles. The summed E-state index contributed by atoms with van der Waals surface area (Å²) in [5.74, 6) is 0.922. The number of hydrogen-bond acceptors (Lipinski definition) is 1. The first-order chi connectivity index (χ1) is 9.34. The quantitative estimate of drug-likeness (QED) is 0.798. The van der Waals surface area contributed by atoms with Crippen molar-refractivity contribution in [3.8, 4) is 0 Å². The van der Waals surface area contributed by atoms with E-state index in [4.69, 9.17) is 0 Å². The number of hydrogen-bond donors (Lipinski definition) is 1. The second kappa shape index (κ2) is 4.07. The number of allylic oxidation sites excluding steroid dienone is 1. The van der Waals surface area contributed by atoms with E-state index < -0.39 is 6.10 Å². The minimum Gasteiger partial charge on any atom is -0.384 e. The molecule has 0 aromatic heterocycles. The molecule has 2 aromatic rings. The van der Waals surface area contributed by atoms with E-state index in [-0.39, 0.29) is 0 Å². The smallest absolute Gasteiger partial charge is 0.101 e. The van der Waals surface area contributed by atoms with Crippen LogP contribution < -0.4 is 0 Å². The molecule has 19 heavy (non-hydrogen) atoms. The van der Waals surface area contributed by atoms with E-state index in [9.17, 15) is 5.11 Å². The van der Waals surface area contributed by atoms with Crippen molar-refractivity contribution >= 4 is 0 Å². The van der Waals surface area contributed by atoms with Crippen LogP contribution in [0.2, 0.25) is 0 Å². The Labute approximate surface area is 113 Å². The standard InChI is InChI=1S/C18H16O/c19-18(12-6-2-1-3-7-12)17-11-13-10-16(17)15-9-5-4-8-14(13)15/h1-9,11,13,16,18-19H,10H2/t13?,16?,18-/m1/s1. The zero-order chi connectivity index (χ0) is 12.8. The molecule has 3 atom stereocenters. The fourth-order valence-corrected chi connectivity index (χ4v) is 3.61. The molecule has 1 nitrogen and oxygen atoms in total. The summed E-state index contributed by atoms with van der Waals surface area (Å²) in [6, 6.07) is 18.6. The number of rotatable bonds is 2. The van der Waals surface area contributed by atoms with E-state index in [0.717, 1.165) is 12.0 Å². The van der Waals surface area contributed by atoms with Gasteiger partial charge in [-0.1, -0.05) is 60.7 Å². The first-order valence-electron chi connectivity index (χ1n) is 6.88. The summed E-state index contributed by atoms with van der Waals surface area (Å²) in [7, 11) is 0. The molecule has 2 aliphatic carbocycles. The van der Waals surface area contributed by atoms with Gasteiger partial charge in [-0.3, -0.25) is 0 Å². The molecule has 0 heterocycles. The van der Waals surface area contributed by atoms with Gasteiger partial charge in [0.05, 0.1) is 0 Å². The highest BCUT2D eigenvalue weighted by Gasteiger charge is 2.39. The van der Waals surface area contributed by atoms with Gasteiger partial charge in [-0.2, -0.15) is 0 Å². The summed E-state index contributed by atoms with van der Waals surface area (Å²) in [4.78, 5) is 0. The van der Waals surface area contributed by atoms with E-state index >= 15 is 0 Å². The second-order valence-electron chi connectivity index (χ2n) is 5.50. The normalized spacial score (nSPS) is 25.0. The molecule has 0 radical (unpaired) electrons. The third-order valence-electron chi connectivity index (χ3n) is 4.49. The van der Waals surface area contributed by atoms with Crippen LogP contribution in [0.1, 0.15) is 41.1 Å². The van der Waals surface area contributed by atoms with Crippen molar-refractivity contribution in [3.63, 3.8) is 0 Å². The first-order valence-corrected chi connectivity index (χ1v) is 6.88. The van der Waals surface area contributed by atoms with Crippen molar-refractivity contribution in [2.75, 3.05) is 0 Å². The van der Waals surface area contributed by atoms with E-state index in [2.05, 4.69) is 30.3 Å². The van der Waals surface area contributed by atoms with E-state index in [1.165, 1.54) is 16.7 Å². The highest BCUT2D eigenvalue weighted by molar-refractivity contribution is 5.52. The summed E-state index contributed by atoms with van der Waals surface area (Å²) in [6.07, 6.45) is 2.97. The van der Waals surface area contributed by atoms with E-state index in [0.29, 0.717) is 11.8 Å². The van der Waals surface area contributed by atoms with Crippen LogP contribution in [-0.4, -0.2) is 5.11 Å². The molecule has 94 valence electrons. The Morgan fingerprint density at radius 2 is 1.58 bits per heavy atom. The number of fused-ring (bicyclic) bond motifs is 5. The molecule has 2 aliphatic rings. The lowest BCUT2D eigenvalue weighted by Gasteiger charge is -2.22. The van der Waals surface area contributed by atoms with Gasteiger partial charge in [-0.15, -0.1) is 0 Å². The summed E-state index contributed by atoms with van der Waals surface area (Å²) in [5, 5.41) is 10.6. The predicted octanol–water partition coefficient (Wildman–Crippen LogP) is 3.93. The van der Waals surface area contributed by atoms with Crippen LogP contribution in [0.3, 0.4) is 0 Å². The molecule has 2 bridgehead atoms. The number of benzene rings is 2. The molecule has 0 spiro atoms. The average Bonchev–Trinajstić information content (AvgIpc) is 3.07. The zero-order valence-electron chi connectivity index (χ0n) is 10.7. The Bertz CT molecular complexity index is 642. The molecular formula is C18H16O. The number of aliphatic hydroxyl groups is 1. The second-order valence-corrected chi connectivity index (χ2v) is 5.50. The van der Waals surface area contributed by atoms with Crippen molar-refractivity contribution in [1.29, 1.82) is 0 Å². The lowest BCUT2D eigenvalue weighted by atomic mass is 9.86. The maximum atomic E-state index is 10.6. The van der Waals surface area contributed by atoms with Gasteiger partial charge < -0.3 is 5.11 Å². The Morgan fingerprint density at radius 3 is 2.37 bits per heavy atom. The van der Waals surface area contributed by atoms with Crippen molar-refractivity contribution in [2.45, 2.75) is 24.4 Å². The number of aliphatic hydroxyl groups excluding tert-OH is 1. The molecule has 0 saturated carbocycles. The largest absolute Gasteiger partial charge is 0.384 e. The van der Waals surface area contributed by atoms with Crippen LogP contribution in [0.4, 0.5) is 0 Å². The molecule has 0 fully saturated rings. The van der Waals surface area contributed by atoms with Crippen molar-refractivity contribution in [2.24, 2.45) is 0 Å². The predicted molar refractivity (Wildman–Crippen MR) is 76.0 cm³/mol. The van der Waals surface area contributed by atoms with Gasteiger partial charge in [0.25, 0.3) is 0 Å². The van der Waals surface area contributed by atoms with Crippen LogP contribution in [0.15, 0.2) is 66.2 Å². The minimum absolute atomic E-state index is 0.413. The van der Waals surface area contributed by atoms with Crippen LogP contribution >= 0.6 is 0 Å². The molecular weight excluding hydrogens is 232 g/mol. The molecule has 4 rings (SSSR count). The Hall–Kier alpha value is -1.86. The van der Waals surface area contributed by atoms with Gasteiger partial charge in [0.15, 0.2) is 0 Å². The van der Waals surface area contributed by atoms with Gasteiger partial charge in [0.2, 0.25) is 0 Å². The average molecular weight is 248 g/mol. The Kier molecular flexibility index (Phi) is 2.36. The lowest BCUT2D eigenvalue weighted by Crippen LogP contribution is -2.08. The summed E-state index contributed by atoms with van der Waals surface area (Å²) >= 11 is 0. The van der Waals surface area contributed by atoms with Crippen LogP contribution in [0.25, 0.3) is 0 Å². The van der Waals surface area contributed by atoms with Gasteiger partial charge >= 0.3 is 0 Å². The van der Waals surface area contributed by atoms with Crippen LogP contribution in [-0.2, 0) is 0 Å². The fraction of sp³-hybridized carbons (Fsp3) is 0.222. The van der Waals surface area contributed by atoms with Gasteiger partial charge in [0.1, 0.15) is 6.10 Å². The maximum absolute atomic E-state index is 10.6. The van der Waals surface area contributed by atoms with Crippen LogP contribution in [0, 0.1) is 0 Å². The Morgan fingerprint density at radius 1 is 0.895 bits per heavy atom. The summed E-state index contributed by atoms with van der Waals surface area (Å²) in [5.41, 5.74) is 5.06. The fourth-order valence-electron chi connectivity index (χ4n) is 3.61. The lowest BCUT2D eigenvalue weighted by molar-refractivity contribution is 0.209. The molecule has 0 aliphatic heterocycles. The van der Waals surface area contributed by atoms with Gasteiger partial charge in [-0.25, -0.2) is 0 Å². The zero-order valence-corrected chi connectivity index (χ0v) is 10.7. The molecule has 2 unspecified atom stereocenters. The minimum atomic E-state index is -0.454. The van der Waals surface area contributed by atoms with Gasteiger partial charge in [-0.05, 0) is 28.7 Å². The Balaban J connectivity index is 1.72. The highest BCUT2D eigenvalue weighted by Crippen LogP contribution is 2.55. The third-order valence-corrected chi connectivity index (χ3v) is 4.49.